The van der Waals surface area contributed by atoms with E-state index in [1.807, 2.05) is 0 Å². The second-order valence-electron chi connectivity index (χ2n) is 11.5. The van der Waals surface area contributed by atoms with E-state index in [-0.39, 0.29) is 17.1 Å². The van der Waals surface area contributed by atoms with Gasteiger partial charge in [-0.1, -0.05) is 148 Å². The summed E-state index contributed by atoms with van der Waals surface area (Å²) in [6, 6.07) is 4.96. The molecule has 0 aromatic heterocycles. The highest BCUT2D eigenvalue weighted by atomic mass is 31.1. The fourth-order valence-corrected chi connectivity index (χ4v) is 6.30. The van der Waals surface area contributed by atoms with E-state index in [4.69, 9.17) is 4.52 Å². The van der Waals surface area contributed by atoms with Crippen LogP contribution in [0.3, 0.4) is 0 Å². The minimum absolute atomic E-state index is 0.0605. The Balaban J connectivity index is 2.75. The van der Waals surface area contributed by atoms with Crippen LogP contribution in [0.25, 0.3) is 0 Å². The largest absolute Gasteiger partial charge is 0.507 e. The Hall–Kier alpha value is -1.16. The molecule has 39 heavy (non-hydrogen) atoms. The van der Waals surface area contributed by atoms with Crippen LogP contribution < -0.4 is 0 Å². The maximum absolute atomic E-state index is 12.1. The predicted molar refractivity (Wildman–Crippen MR) is 165 cm³/mol. The Morgan fingerprint density at radius 1 is 0.718 bits per heavy atom. The molecule has 1 unspecified atom stereocenters. The van der Waals surface area contributed by atoms with Gasteiger partial charge in [0.05, 0.1) is 5.56 Å². The van der Waals surface area contributed by atoms with E-state index >= 15 is 0 Å². The van der Waals surface area contributed by atoms with Gasteiger partial charge in [-0.25, -0.2) is 0 Å². The van der Waals surface area contributed by atoms with Gasteiger partial charge in [0.1, 0.15) is 11.4 Å². The molecule has 0 spiro atoms. The van der Waals surface area contributed by atoms with Crippen molar-refractivity contribution in [3.8, 4) is 5.75 Å². The Bertz CT molecular complexity index is 770. The van der Waals surface area contributed by atoms with E-state index in [2.05, 4.69) is 13.8 Å². The maximum atomic E-state index is 12.1. The van der Waals surface area contributed by atoms with Crippen LogP contribution in [-0.4, -0.2) is 15.8 Å². The van der Waals surface area contributed by atoms with Gasteiger partial charge < -0.3 is 10.00 Å². The number of benzene rings is 1. The molecule has 0 radical (unpaired) electrons. The third-order valence-corrected chi connectivity index (χ3v) is 8.62. The standard InChI is InChI=1S/C33H59O5P/c1-4-6-8-10-12-14-16-18-20-22-26-33(38-39(36)37,30-24-25-32(35)31(28-30)29(3)34)27-23-21-19-17-15-13-11-9-7-5-2/h24-25,28,35,39H,4-23,26-27H2,1-3H3,(H,36,37). The summed E-state index contributed by atoms with van der Waals surface area (Å²) in [6.45, 7) is 5.92. The van der Waals surface area contributed by atoms with Crippen LogP contribution in [0.2, 0.25) is 0 Å². The van der Waals surface area contributed by atoms with Gasteiger partial charge >= 0.3 is 8.25 Å². The summed E-state index contributed by atoms with van der Waals surface area (Å²) in [4.78, 5) is 22.1. The molecule has 0 aliphatic rings. The second kappa shape index (κ2) is 22.5. The molecular formula is C33H59O5P. The number of hydrogen-bond donors (Lipinski definition) is 2. The van der Waals surface area contributed by atoms with Crippen LogP contribution in [0.1, 0.15) is 178 Å². The number of rotatable bonds is 26. The summed E-state index contributed by atoms with van der Waals surface area (Å²) in [7, 11) is -3.20. The summed E-state index contributed by atoms with van der Waals surface area (Å²) in [6.07, 6.45) is 25.7. The van der Waals surface area contributed by atoms with Gasteiger partial charge in [0, 0.05) is 0 Å². The van der Waals surface area contributed by atoms with Gasteiger partial charge in [-0.3, -0.25) is 13.9 Å². The molecule has 5 nitrogen and oxygen atoms in total. The van der Waals surface area contributed by atoms with Crippen molar-refractivity contribution < 1.29 is 23.9 Å². The number of aromatic hydroxyl groups is 1. The van der Waals surface area contributed by atoms with Crippen molar-refractivity contribution in [2.24, 2.45) is 0 Å². The Morgan fingerprint density at radius 3 is 1.46 bits per heavy atom. The van der Waals surface area contributed by atoms with Gasteiger partial charge in [-0.2, -0.15) is 0 Å². The molecule has 1 rings (SSSR count). The second-order valence-corrected chi connectivity index (χ2v) is 12.3. The number of carbonyl (C=O) groups is 1. The SMILES string of the molecule is CCCCCCCCCCCCC(CCCCCCCCCCCC)(O[PH](=O)O)c1ccc(O)c(C(C)=O)c1. The summed E-state index contributed by atoms with van der Waals surface area (Å²) in [5, 5.41) is 10.2. The van der Waals surface area contributed by atoms with E-state index < -0.39 is 13.9 Å². The average Bonchev–Trinajstić information content (AvgIpc) is 2.90. The minimum atomic E-state index is -3.20. The fourth-order valence-electron chi connectivity index (χ4n) is 5.64. The maximum Gasteiger partial charge on any atom is 0.317 e. The van der Waals surface area contributed by atoms with E-state index in [9.17, 15) is 19.4 Å². The Labute approximate surface area is 240 Å². The third-order valence-electron chi connectivity index (χ3n) is 8.05. The van der Waals surface area contributed by atoms with Gasteiger partial charge in [0.2, 0.25) is 0 Å². The van der Waals surface area contributed by atoms with Crippen molar-refractivity contribution in [1.82, 2.24) is 0 Å². The number of phenols is 1. The molecule has 0 aliphatic carbocycles. The highest BCUT2D eigenvalue weighted by molar-refractivity contribution is 7.32. The van der Waals surface area contributed by atoms with Crippen LogP contribution in [0, 0.1) is 0 Å². The molecule has 0 saturated carbocycles. The number of phenolic OH excluding ortho intramolecular Hbond substituents is 1. The Kier molecular flexibility index (Phi) is 20.7. The van der Waals surface area contributed by atoms with Crippen LogP contribution in [-0.2, 0) is 14.7 Å². The predicted octanol–water partition coefficient (Wildman–Crippen LogP) is 10.8. The van der Waals surface area contributed by atoms with E-state index in [0.717, 1.165) is 44.1 Å². The molecule has 1 aromatic carbocycles. The molecule has 0 aliphatic heterocycles. The molecule has 2 N–H and O–H groups in total. The number of ketones is 1. The Morgan fingerprint density at radius 2 is 1.10 bits per heavy atom. The van der Waals surface area contributed by atoms with Crippen LogP contribution in [0.15, 0.2) is 18.2 Å². The molecule has 6 heteroatoms. The lowest BCUT2D eigenvalue weighted by Gasteiger charge is -2.34. The first-order valence-electron chi connectivity index (χ1n) is 16.1. The number of hydrogen-bond acceptors (Lipinski definition) is 4. The summed E-state index contributed by atoms with van der Waals surface area (Å²) < 4.78 is 18.0. The first kappa shape index (κ1) is 35.9. The molecule has 0 fully saturated rings. The van der Waals surface area contributed by atoms with Gasteiger partial charge in [0.25, 0.3) is 0 Å². The molecular weight excluding hydrogens is 507 g/mol. The smallest absolute Gasteiger partial charge is 0.317 e. The lowest BCUT2D eigenvalue weighted by Crippen LogP contribution is -2.28. The molecule has 0 saturated heterocycles. The average molecular weight is 567 g/mol. The van der Waals surface area contributed by atoms with E-state index in [1.54, 1.807) is 12.1 Å². The van der Waals surface area contributed by atoms with Crippen molar-refractivity contribution in [3.63, 3.8) is 0 Å². The van der Waals surface area contributed by atoms with Crippen LogP contribution >= 0.6 is 8.25 Å². The van der Waals surface area contributed by atoms with Gasteiger partial charge in [0.15, 0.2) is 5.78 Å². The molecule has 0 bridgehead atoms. The molecule has 0 heterocycles. The lowest BCUT2D eigenvalue weighted by molar-refractivity contribution is 0.0379. The molecule has 1 aromatic rings. The van der Waals surface area contributed by atoms with Crippen molar-refractivity contribution in [2.45, 2.75) is 168 Å². The molecule has 1 atom stereocenters. The first-order valence-corrected chi connectivity index (χ1v) is 17.4. The summed E-state index contributed by atoms with van der Waals surface area (Å²) in [5.41, 5.74) is 0.0530. The number of unbranched alkanes of at least 4 members (excludes halogenated alkanes) is 18. The third kappa shape index (κ3) is 16.0. The normalized spacial score (nSPS) is 12.6. The number of carbonyl (C=O) groups excluding carboxylic acids is 1. The first-order chi connectivity index (χ1) is 18.9. The van der Waals surface area contributed by atoms with Crippen molar-refractivity contribution >= 4 is 14.0 Å². The van der Waals surface area contributed by atoms with Crippen LogP contribution in [0.5, 0.6) is 5.75 Å². The zero-order valence-electron chi connectivity index (χ0n) is 25.4. The van der Waals surface area contributed by atoms with Gasteiger partial charge in [-0.15, -0.1) is 0 Å². The van der Waals surface area contributed by atoms with Crippen LogP contribution in [0.4, 0.5) is 0 Å². The van der Waals surface area contributed by atoms with Gasteiger partial charge in [-0.05, 0) is 37.5 Å². The summed E-state index contributed by atoms with van der Waals surface area (Å²) in [5.74, 6) is -0.285. The monoisotopic (exact) mass is 566 g/mol. The highest BCUT2D eigenvalue weighted by Gasteiger charge is 2.35. The zero-order chi connectivity index (χ0) is 28.8. The summed E-state index contributed by atoms with van der Waals surface area (Å²) >= 11 is 0. The fraction of sp³-hybridized carbons (Fsp3) is 0.788. The van der Waals surface area contributed by atoms with Crippen molar-refractivity contribution in [2.75, 3.05) is 0 Å². The topological polar surface area (TPSA) is 83.8 Å². The zero-order valence-corrected chi connectivity index (χ0v) is 26.4. The van der Waals surface area contributed by atoms with Crippen molar-refractivity contribution in [3.05, 3.63) is 29.3 Å². The molecule has 226 valence electrons. The highest BCUT2D eigenvalue weighted by Crippen LogP contribution is 2.44. The minimum Gasteiger partial charge on any atom is -0.507 e. The lowest BCUT2D eigenvalue weighted by atomic mass is 9.82. The number of Topliss-reactive ketones (excluding diaryl/α,β-unsaturated/α-hetero) is 1. The molecule has 0 amide bonds. The quantitative estimate of drug-likeness (QED) is 0.0662. The van der Waals surface area contributed by atoms with E-state index in [0.29, 0.717) is 12.8 Å². The van der Waals surface area contributed by atoms with E-state index in [1.165, 1.54) is 103 Å². The van der Waals surface area contributed by atoms with Crippen molar-refractivity contribution in [1.29, 1.82) is 0 Å².